The summed E-state index contributed by atoms with van der Waals surface area (Å²) in [6, 6.07) is 5.91. The predicted octanol–water partition coefficient (Wildman–Crippen LogP) is 3.64. The fourth-order valence-electron chi connectivity index (χ4n) is 3.60. The Labute approximate surface area is 151 Å². The van der Waals surface area contributed by atoms with Crippen LogP contribution < -0.4 is 0 Å². The smallest absolute Gasteiger partial charge is 0.298 e. The van der Waals surface area contributed by atoms with Crippen molar-refractivity contribution >= 4 is 16.8 Å². The first-order valence-electron chi connectivity index (χ1n) is 8.33. The molecule has 138 valence electrons. The SMILES string of the molecule is N#CN1CCCC1C(=O)n1ccc2c(-c3cn[nH]c3C(F)(F)F)cccc21. The summed E-state index contributed by atoms with van der Waals surface area (Å²) >= 11 is 0. The van der Waals surface area contributed by atoms with E-state index in [0.717, 1.165) is 12.6 Å². The molecule has 4 rings (SSSR count). The number of aromatic nitrogens is 3. The third-order valence-corrected chi connectivity index (χ3v) is 4.85. The zero-order valence-electron chi connectivity index (χ0n) is 14.0. The lowest BCUT2D eigenvalue weighted by molar-refractivity contribution is -0.140. The highest BCUT2D eigenvalue weighted by Crippen LogP contribution is 2.38. The molecule has 1 fully saturated rings. The van der Waals surface area contributed by atoms with Crippen molar-refractivity contribution in [2.75, 3.05) is 6.54 Å². The van der Waals surface area contributed by atoms with Crippen molar-refractivity contribution in [3.63, 3.8) is 0 Å². The molecule has 1 atom stereocenters. The molecule has 0 saturated carbocycles. The van der Waals surface area contributed by atoms with Gasteiger partial charge >= 0.3 is 6.18 Å². The van der Waals surface area contributed by atoms with Gasteiger partial charge in [-0.05, 0) is 30.5 Å². The van der Waals surface area contributed by atoms with Crippen LogP contribution in [0.2, 0.25) is 0 Å². The Morgan fingerprint density at radius 2 is 2.11 bits per heavy atom. The zero-order chi connectivity index (χ0) is 19.2. The normalized spacial score (nSPS) is 17.4. The third kappa shape index (κ3) is 2.73. The number of aromatic amines is 1. The third-order valence-electron chi connectivity index (χ3n) is 4.85. The van der Waals surface area contributed by atoms with E-state index in [1.54, 1.807) is 24.3 Å². The molecule has 2 aromatic heterocycles. The molecule has 1 N–H and O–H groups in total. The van der Waals surface area contributed by atoms with Crippen molar-refractivity contribution in [1.29, 1.82) is 5.26 Å². The highest BCUT2D eigenvalue weighted by atomic mass is 19.4. The minimum atomic E-state index is -4.57. The van der Waals surface area contributed by atoms with Gasteiger partial charge in [-0.1, -0.05) is 12.1 Å². The average Bonchev–Trinajstić information content (AvgIpc) is 3.37. The fraction of sp³-hybridized carbons (Fsp3) is 0.278. The van der Waals surface area contributed by atoms with Crippen LogP contribution in [-0.4, -0.2) is 38.2 Å². The van der Waals surface area contributed by atoms with Crippen LogP contribution >= 0.6 is 0 Å². The van der Waals surface area contributed by atoms with Crippen LogP contribution in [0, 0.1) is 11.5 Å². The molecule has 3 aromatic rings. The van der Waals surface area contributed by atoms with Crippen molar-refractivity contribution in [2.45, 2.75) is 25.1 Å². The minimum absolute atomic E-state index is 0.0715. The van der Waals surface area contributed by atoms with Crippen molar-refractivity contribution in [3.8, 4) is 17.3 Å². The van der Waals surface area contributed by atoms with Gasteiger partial charge in [0, 0.05) is 23.7 Å². The van der Waals surface area contributed by atoms with E-state index in [1.807, 2.05) is 11.3 Å². The van der Waals surface area contributed by atoms with Gasteiger partial charge in [-0.3, -0.25) is 19.4 Å². The van der Waals surface area contributed by atoms with Crippen LogP contribution in [0.3, 0.4) is 0 Å². The highest BCUT2D eigenvalue weighted by Gasteiger charge is 2.36. The number of alkyl halides is 3. The zero-order valence-corrected chi connectivity index (χ0v) is 14.0. The number of H-pyrrole nitrogens is 1. The van der Waals surface area contributed by atoms with Gasteiger partial charge < -0.3 is 0 Å². The number of nitrogens with one attached hydrogen (secondary N) is 1. The Hall–Kier alpha value is -3.28. The van der Waals surface area contributed by atoms with E-state index < -0.39 is 17.9 Å². The number of halogens is 3. The Bertz CT molecular complexity index is 1060. The molecule has 3 heterocycles. The lowest BCUT2D eigenvalue weighted by Crippen LogP contribution is -2.35. The molecule has 1 unspecified atom stereocenters. The first-order chi connectivity index (χ1) is 12.9. The summed E-state index contributed by atoms with van der Waals surface area (Å²) in [6.45, 7) is 0.529. The number of carbonyl (C=O) groups is 1. The van der Waals surface area contributed by atoms with Gasteiger partial charge in [-0.2, -0.15) is 23.5 Å². The van der Waals surface area contributed by atoms with Crippen molar-refractivity contribution in [2.24, 2.45) is 0 Å². The van der Waals surface area contributed by atoms with Gasteiger partial charge in [0.15, 0.2) is 6.19 Å². The fourth-order valence-corrected chi connectivity index (χ4v) is 3.60. The van der Waals surface area contributed by atoms with E-state index >= 15 is 0 Å². The topological polar surface area (TPSA) is 77.7 Å². The summed E-state index contributed by atoms with van der Waals surface area (Å²) in [7, 11) is 0. The molecule has 9 heteroatoms. The lowest BCUT2D eigenvalue weighted by Gasteiger charge is -2.17. The van der Waals surface area contributed by atoms with Gasteiger partial charge in [0.05, 0.1) is 11.7 Å². The second-order valence-corrected chi connectivity index (χ2v) is 6.37. The number of hydrogen-bond donors (Lipinski definition) is 1. The van der Waals surface area contributed by atoms with Gasteiger partial charge in [0.2, 0.25) is 0 Å². The van der Waals surface area contributed by atoms with Crippen LogP contribution in [0.4, 0.5) is 13.2 Å². The van der Waals surface area contributed by atoms with Gasteiger partial charge in [0.1, 0.15) is 11.7 Å². The Morgan fingerprint density at radius 3 is 2.85 bits per heavy atom. The summed E-state index contributed by atoms with van der Waals surface area (Å²) in [5, 5.41) is 15.2. The second-order valence-electron chi connectivity index (χ2n) is 6.37. The highest BCUT2D eigenvalue weighted by molar-refractivity contribution is 6.01. The number of nitriles is 1. The lowest BCUT2D eigenvalue weighted by atomic mass is 10.0. The summed E-state index contributed by atoms with van der Waals surface area (Å²) in [6.07, 6.45) is 1.45. The molecule has 1 saturated heterocycles. The maximum atomic E-state index is 13.2. The number of nitrogens with zero attached hydrogens (tertiary/aromatic N) is 4. The molecular weight excluding hydrogens is 359 g/mol. The monoisotopic (exact) mass is 373 g/mol. The molecule has 0 aliphatic carbocycles. The maximum Gasteiger partial charge on any atom is 0.433 e. The number of carbonyl (C=O) groups excluding carboxylic acids is 1. The molecule has 0 radical (unpaired) electrons. The first-order valence-corrected chi connectivity index (χ1v) is 8.33. The van der Waals surface area contributed by atoms with Crippen LogP contribution in [0.1, 0.15) is 23.3 Å². The number of hydrogen-bond acceptors (Lipinski definition) is 4. The number of rotatable bonds is 2. The van der Waals surface area contributed by atoms with Crippen LogP contribution in [0.15, 0.2) is 36.7 Å². The number of benzene rings is 1. The second kappa shape index (κ2) is 6.16. The molecule has 0 amide bonds. The molecule has 1 aliphatic heterocycles. The molecule has 0 spiro atoms. The molecule has 1 aromatic carbocycles. The summed E-state index contributed by atoms with van der Waals surface area (Å²) in [5.74, 6) is -0.260. The van der Waals surface area contributed by atoms with Crippen molar-refractivity contribution < 1.29 is 18.0 Å². The van der Waals surface area contributed by atoms with E-state index in [1.165, 1.54) is 15.7 Å². The van der Waals surface area contributed by atoms with E-state index in [2.05, 4.69) is 5.10 Å². The Kier molecular flexibility index (Phi) is 3.91. The van der Waals surface area contributed by atoms with Gasteiger partial charge in [0.25, 0.3) is 5.91 Å². The van der Waals surface area contributed by atoms with E-state index in [4.69, 9.17) is 5.26 Å². The van der Waals surface area contributed by atoms with Crippen LogP contribution in [0.25, 0.3) is 22.0 Å². The number of likely N-dealkylation sites (tertiary alicyclic amines) is 1. The quantitative estimate of drug-likeness (QED) is 0.696. The van der Waals surface area contributed by atoms with E-state index in [0.29, 0.717) is 29.4 Å². The summed E-state index contributed by atoms with van der Waals surface area (Å²) in [4.78, 5) is 14.3. The summed E-state index contributed by atoms with van der Waals surface area (Å²) in [5.41, 5.74) is -0.168. The summed E-state index contributed by atoms with van der Waals surface area (Å²) < 4.78 is 41.1. The standard InChI is InChI=1S/C18H14F3N5O/c19-18(20,21)16-13(9-23-24-16)11-3-1-4-14-12(11)6-8-26(14)17(27)15-5-2-7-25(15)10-22/h1,3-4,6,8-9,15H,2,5,7H2,(H,23,24). The van der Waals surface area contributed by atoms with Crippen molar-refractivity contribution in [3.05, 3.63) is 42.4 Å². The molecule has 6 nitrogen and oxygen atoms in total. The molecule has 27 heavy (non-hydrogen) atoms. The van der Waals surface area contributed by atoms with Crippen molar-refractivity contribution in [1.82, 2.24) is 19.7 Å². The van der Waals surface area contributed by atoms with Crippen LogP contribution in [-0.2, 0) is 6.18 Å². The molecule has 1 aliphatic rings. The minimum Gasteiger partial charge on any atom is -0.298 e. The largest absolute Gasteiger partial charge is 0.433 e. The average molecular weight is 373 g/mol. The van der Waals surface area contributed by atoms with Gasteiger partial charge in [-0.15, -0.1) is 0 Å². The Morgan fingerprint density at radius 1 is 1.30 bits per heavy atom. The first kappa shape index (κ1) is 17.1. The van der Waals surface area contributed by atoms with Crippen LogP contribution in [0.5, 0.6) is 0 Å². The van der Waals surface area contributed by atoms with E-state index in [-0.39, 0.29) is 11.5 Å². The molecular formula is C18H14F3N5O. The maximum absolute atomic E-state index is 13.2. The number of fused-ring (bicyclic) bond motifs is 1. The predicted molar refractivity (Wildman–Crippen MR) is 90.5 cm³/mol. The Balaban J connectivity index is 1.81. The van der Waals surface area contributed by atoms with E-state index in [9.17, 15) is 18.0 Å². The van der Waals surface area contributed by atoms with Gasteiger partial charge in [-0.25, -0.2) is 0 Å². The molecule has 0 bridgehead atoms.